The molecule has 2 atom stereocenters. The monoisotopic (exact) mass is 529 g/mol. The first-order chi connectivity index (χ1) is 18.0. The van der Waals surface area contributed by atoms with E-state index in [1.54, 1.807) is 0 Å². The maximum Gasteiger partial charge on any atom is 0.272 e. The average Bonchev–Trinajstić information content (AvgIpc) is 2.88. The molecular formula is C29H41F2N5O2. The first kappa shape index (κ1) is 28.4. The minimum atomic E-state index is -2.66. The number of likely N-dealkylation sites (tertiary alicyclic amines) is 1. The molecule has 1 amide bonds. The number of ether oxygens (including phenoxy) is 1. The normalized spacial score (nSPS) is 22.3. The lowest BCUT2D eigenvalue weighted by Gasteiger charge is -2.40. The summed E-state index contributed by atoms with van der Waals surface area (Å²) < 4.78 is 32.9. The zero-order valence-corrected chi connectivity index (χ0v) is 23.2. The second-order valence-electron chi connectivity index (χ2n) is 11.7. The molecule has 2 N–H and O–H groups in total. The van der Waals surface area contributed by atoms with Gasteiger partial charge in [0.05, 0.1) is 6.10 Å². The predicted octanol–water partition coefficient (Wildman–Crippen LogP) is 5.09. The van der Waals surface area contributed by atoms with Crippen molar-refractivity contribution in [1.29, 1.82) is 0 Å². The summed E-state index contributed by atoms with van der Waals surface area (Å²) in [4.78, 5) is 23.8. The van der Waals surface area contributed by atoms with Crippen LogP contribution in [0.2, 0.25) is 0 Å². The Morgan fingerprint density at radius 3 is 2.45 bits per heavy atom. The summed E-state index contributed by atoms with van der Waals surface area (Å²) in [6.07, 6.45) is 2.48. The molecule has 1 saturated carbocycles. The molecule has 2 fully saturated rings. The number of amides is 1. The van der Waals surface area contributed by atoms with E-state index in [4.69, 9.17) is 4.74 Å². The van der Waals surface area contributed by atoms with E-state index in [0.717, 1.165) is 24.0 Å². The van der Waals surface area contributed by atoms with Crippen LogP contribution in [-0.2, 0) is 16.7 Å². The fraction of sp³-hybridized carbons (Fsp3) is 0.621. The number of nitrogens with one attached hydrogen (secondary N) is 2. The molecule has 1 aliphatic heterocycles. The third kappa shape index (κ3) is 6.86. The van der Waals surface area contributed by atoms with E-state index in [-0.39, 0.29) is 36.2 Å². The van der Waals surface area contributed by atoms with Crippen LogP contribution in [0.5, 0.6) is 0 Å². The van der Waals surface area contributed by atoms with Crippen molar-refractivity contribution in [2.24, 2.45) is 0 Å². The van der Waals surface area contributed by atoms with Crippen LogP contribution in [0.3, 0.4) is 0 Å². The summed E-state index contributed by atoms with van der Waals surface area (Å²) in [6, 6.07) is 8.60. The molecule has 1 saturated heterocycles. The van der Waals surface area contributed by atoms with Crippen LogP contribution in [0.15, 0.2) is 30.6 Å². The Morgan fingerprint density at radius 1 is 1.13 bits per heavy atom. The summed E-state index contributed by atoms with van der Waals surface area (Å²) in [5.74, 6) is -2.11. The lowest BCUT2D eigenvalue weighted by molar-refractivity contribution is -0.100. The number of alkyl halides is 2. The summed E-state index contributed by atoms with van der Waals surface area (Å²) >= 11 is 0. The molecule has 38 heavy (non-hydrogen) atoms. The molecule has 0 radical (unpaired) electrons. The van der Waals surface area contributed by atoms with Crippen molar-refractivity contribution in [3.63, 3.8) is 0 Å². The second kappa shape index (κ2) is 11.6. The van der Waals surface area contributed by atoms with E-state index >= 15 is 0 Å². The first-order valence-corrected chi connectivity index (χ1v) is 13.6. The van der Waals surface area contributed by atoms with Crippen LogP contribution in [0.1, 0.15) is 80.1 Å². The Labute approximate surface area is 224 Å². The Morgan fingerprint density at radius 2 is 1.82 bits per heavy atom. The van der Waals surface area contributed by atoms with E-state index in [9.17, 15) is 13.6 Å². The van der Waals surface area contributed by atoms with Gasteiger partial charge >= 0.3 is 0 Å². The Bertz CT molecular complexity index is 1100. The number of carbonyl (C=O) groups is 1. The van der Waals surface area contributed by atoms with Crippen molar-refractivity contribution in [1.82, 2.24) is 20.2 Å². The molecule has 1 aliphatic carbocycles. The summed E-state index contributed by atoms with van der Waals surface area (Å²) in [5, 5.41) is 6.88. The quantitative estimate of drug-likeness (QED) is 0.520. The predicted molar refractivity (Wildman–Crippen MR) is 145 cm³/mol. The van der Waals surface area contributed by atoms with Crippen LogP contribution in [0.4, 0.5) is 14.6 Å². The molecule has 208 valence electrons. The minimum absolute atomic E-state index is 0.0886. The fourth-order valence-electron chi connectivity index (χ4n) is 5.38. The molecule has 2 heterocycles. The van der Waals surface area contributed by atoms with Gasteiger partial charge in [-0.15, -0.1) is 0 Å². The molecule has 9 heteroatoms. The van der Waals surface area contributed by atoms with Gasteiger partial charge in [0.2, 0.25) is 0 Å². The second-order valence-corrected chi connectivity index (χ2v) is 11.7. The SMILES string of the molecule is COC1CC(F)(F)CCC1NC1CCN(C(=O)c2ncnc(NCc3ccc(C(C)(C)C)cc3)c2C)CC1. The first-order valence-electron chi connectivity index (χ1n) is 13.6. The molecule has 1 aromatic heterocycles. The van der Waals surface area contributed by atoms with Gasteiger partial charge < -0.3 is 20.3 Å². The molecule has 0 spiro atoms. The molecule has 2 aliphatic rings. The maximum absolute atomic E-state index is 13.8. The molecule has 2 aromatic rings. The third-order valence-corrected chi connectivity index (χ3v) is 7.87. The average molecular weight is 530 g/mol. The van der Waals surface area contributed by atoms with E-state index in [2.05, 4.69) is 65.6 Å². The maximum atomic E-state index is 13.8. The number of methoxy groups -OCH3 is 1. The summed E-state index contributed by atoms with van der Waals surface area (Å²) in [5.41, 5.74) is 3.66. The highest BCUT2D eigenvalue weighted by atomic mass is 19.3. The van der Waals surface area contributed by atoms with E-state index < -0.39 is 12.0 Å². The van der Waals surface area contributed by atoms with E-state index in [1.165, 1.54) is 19.0 Å². The van der Waals surface area contributed by atoms with Gasteiger partial charge in [0.25, 0.3) is 11.8 Å². The number of rotatable bonds is 7. The number of aromatic nitrogens is 2. The highest BCUT2D eigenvalue weighted by Crippen LogP contribution is 2.35. The molecular weight excluding hydrogens is 488 g/mol. The molecule has 0 bridgehead atoms. The van der Waals surface area contributed by atoms with Gasteiger partial charge in [-0.05, 0) is 42.7 Å². The zero-order valence-electron chi connectivity index (χ0n) is 23.2. The number of piperidine rings is 1. The smallest absolute Gasteiger partial charge is 0.272 e. The zero-order chi connectivity index (χ0) is 27.5. The Hall–Kier alpha value is -2.65. The number of anilines is 1. The van der Waals surface area contributed by atoms with Crippen LogP contribution < -0.4 is 10.6 Å². The van der Waals surface area contributed by atoms with Crippen molar-refractivity contribution in [3.05, 3.63) is 53.0 Å². The lowest BCUT2D eigenvalue weighted by Crippen LogP contribution is -2.54. The van der Waals surface area contributed by atoms with Crippen LogP contribution in [0.25, 0.3) is 0 Å². The van der Waals surface area contributed by atoms with Crippen LogP contribution in [-0.4, -0.2) is 65.1 Å². The highest BCUT2D eigenvalue weighted by Gasteiger charge is 2.42. The molecule has 2 unspecified atom stereocenters. The van der Waals surface area contributed by atoms with Crippen molar-refractivity contribution < 1.29 is 18.3 Å². The number of nitrogens with zero attached hydrogens (tertiary/aromatic N) is 3. The number of carbonyl (C=O) groups excluding carboxylic acids is 1. The van der Waals surface area contributed by atoms with Gasteiger partial charge in [0, 0.05) is 57.2 Å². The van der Waals surface area contributed by atoms with Crippen LogP contribution in [0, 0.1) is 6.92 Å². The number of halogens is 2. The van der Waals surface area contributed by atoms with Gasteiger partial charge in [-0.3, -0.25) is 4.79 Å². The van der Waals surface area contributed by atoms with E-state index in [1.807, 2.05) is 11.8 Å². The van der Waals surface area contributed by atoms with Crippen LogP contribution >= 0.6 is 0 Å². The third-order valence-electron chi connectivity index (χ3n) is 7.87. The molecule has 7 nitrogen and oxygen atoms in total. The van der Waals surface area contributed by atoms with Gasteiger partial charge in [-0.25, -0.2) is 18.7 Å². The van der Waals surface area contributed by atoms with Gasteiger partial charge in [0.15, 0.2) is 0 Å². The number of hydrogen-bond acceptors (Lipinski definition) is 6. The van der Waals surface area contributed by atoms with Crippen molar-refractivity contribution in [2.45, 2.75) is 95.9 Å². The Kier molecular flexibility index (Phi) is 8.67. The van der Waals surface area contributed by atoms with E-state index in [0.29, 0.717) is 37.6 Å². The van der Waals surface area contributed by atoms with Crippen molar-refractivity contribution in [2.75, 3.05) is 25.5 Å². The summed E-state index contributed by atoms with van der Waals surface area (Å²) in [7, 11) is 1.50. The number of hydrogen-bond donors (Lipinski definition) is 2. The number of benzene rings is 1. The summed E-state index contributed by atoms with van der Waals surface area (Å²) in [6.45, 7) is 10.2. The van der Waals surface area contributed by atoms with Gasteiger partial charge in [-0.1, -0.05) is 45.0 Å². The van der Waals surface area contributed by atoms with Gasteiger partial charge in [-0.2, -0.15) is 0 Å². The van der Waals surface area contributed by atoms with Crippen molar-refractivity contribution in [3.8, 4) is 0 Å². The van der Waals surface area contributed by atoms with Crippen molar-refractivity contribution >= 4 is 11.7 Å². The topological polar surface area (TPSA) is 79.4 Å². The largest absolute Gasteiger partial charge is 0.380 e. The fourth-order valence-corrected chi connectivity index (χ4v) is 5.38. The van der Waals surface area contributed by atoms with Gasteiger partial charge in [0.1, 0.15) is 17.8 Å². The minimum Gasteiger partial charge on any atom is -0.380 e. The Balaban J connectivity index is 1.32. The standard InChI is InChI=1S/C29H41F2N5O2/c1-19-25(33-18-34-26(19)32-17-20-6-8-21(9-7-20)28(2,3)4)27(37)36-14-11-22(12-15-36)35-23-10-13-29(30,31)16-24(23)38-5/h6-9,18,22-24,35H,10-17H2,1-5H3,(H,32,33,34). The lowest BCUT2D eigenvalue weighted by atomic mass is 9.87. The highest BCUT2D eigenvalue weighted by molar-refractivity contribution is 5.94. The molecule has 1 aromatic carbocycles. The molecule has 4 rings (SSSR count).